The Morgan fingerprint density at radius 2 is 1.71 bits per heavy atom. The normalized spacial score (nSPS) is 19.3. The van der Waals surface area contributed by atoms with E-state index in [1.54, 1.807) is 0 Å². The van der Waals surface area contributed by atoms with Crippen LogP contribution in [0.25, 0.3) is 0 Å². The van der Waals surface area contributed by atoms with Gasteiger partial charge in [0.15, 0.2) is 0 Å². The Hall–Kier alpha value is -0.280. The first kappa shape index (κ1) is 17.1. The molecule has 1 fully saturated rings. The summed E-state index contributed by atoms with van der Waals surface area (Å²) in [7, 11) is 0. The van der Waals surface area contributed by atoms with Gasteiger partial charge in [-0.2, -0.15) is 0 Å². The number of benzene rings is 1. The minimum absolute atomic E-state index is 0.00352. The van der Waals surface area contributed by atoms with Crippen LogP contribution in [0.2, 0.25) is 10.0 Å². The largest absolute Gasteiger partial charge is 0.326 e. The van der Waals surface area contributed by atoms with Gasteiger partial charge >= 0.3 is 0 Å². The van der Waals surface area contributed by atoms with Crippen LogP contribution in [0.3, 0.4) is 0 Å². The molecule has 1 aliphatic rings. The first-order valence-corrected chi connectivity index (χ1v) is 8.61. The number of nitrogens with two attached hydrogens (primary N) is 1. The summed E-state index contributed by atoms with van der Waals surface area (Å²) in [5, 5.41) is 1.20. The summed E-state index contributed by atoms with van der Waals surface area (Å²) in [5.41, 5.74) is 7.68. The van der Waals surface area contributed by atoms with Crippen LogP contribution in [0.5, 0.6) is 0 Å². The van der Waals surface area contributed by atoms with Crippen molar-refractivity contribution in [2.45, 2.75) is 57.5 Å². The maximum atomic E-state index is 6.54. The summed E-state index contributed by atoms with van der Waals surface area (Å²) >= 11 is 12.1. The summed E-state index contributed by atoms with van der Waals surface area (Å²) in [6.07, 6.45) is 6.06. The van der Waals surface area contributed by atoms with Gasteiger partial charge in [-0.05, 0) is 63.9 Å². The molecule has 1 aromatic carbocycles. The molecular formula is C17H26Cl2N2. The zero-order valence-corrected chi connectivity index (χ0v) is 14.6. The second-order valence-electron chi connectivity index (χ2n) is 6.61. The molecule has 1 heterocycles. The molecular weight excluding hydrogens is 303 g/mol. The van der Waals surface area contributed by atoms with Crippen molar-refractivity contribution in [3.63, 3.8) is 0 Å². The van der Waals surface area contributed by atoms with Crippen LogP contribution >= 0.6 is 23.2 Å². The van der Waals surface area contributed by atoms with Crippen molar-refractivity contribution in [3.8, 4) is 0 Å². The van der Waals surface area contributed by atoms with Crippen LogP contribution in [0.15, 0.2) is 18.2 Å². The van der Waals surface area contributed by atoms with Crippen LogP contribution in [-0.2, 0) is 6.42 Å². The lowest BCUT2D eigenvalue weighted by atomic mass is 9.88. The minimum atomic E-state index is -0.00352. The molecule has 2 rings (SSSR count). The minimum Gasteiger partial charge on any atom is -0.326 e. The van der Waals surface area contributed by atoms with E-state index in [-0.39, 0.29) is 11.6 Å². The van der Waals surface area contributed by atoms with Crippen molar-refractivity contribution in [3.05, 3.63) is 33.8 Å². The number of hydrogen-bond acceptors (Lipinski definition) is 2. The SMILES string of the molecule is CC(C)(C(N)Cc1ccc(Cl)c(Cl)c1)N1CCCCCC1. The Morgan fingerprint density at radius 3 is 2.29 bits per heavy atom. The van der Waals surface area contributed by atoms with Gasteiger partial charge in [0.1, 0.15) is 0 Å². The van der Waals surface area contributed by atoms with E-state index < -0.39 is 0 Å². The summed E-state index contributed by atoms with van der Waals surface area (Å²) in [4.78, 5) is 2.56. The van der Waals surface area contributed by atoms with E-state index in [0.29, 0.717) is 10.0 Å². The van der Waals surface area contributed by atoms with Gasteiger partial charge in [0, 0.05) is 11.6 Å². The van der Waals surface area contributed by atoms with Crippen molar-refractivity contribution >= 4 is 23.2 Å². The fourth-order valence-electron chi connectivity index (χ4n) is 3.05. The monoisotopic (exact) mass is 328 g/mol. The maximum Gasteiger partial charge on any atom is 0.0595 e. The highest BCUT2D eigenvalue weighted by atomic mass is 35.5. The molecule has 2 N–H and O–H groups in total. The zero-order chi connectivity index (χ0) is 15.5. The van der Waals surface area contributed by atoms with Gasteiger partial charge in [-0.1, -0.05) is 42.1 Å². The van der Waals surface area contributed by atoms with Gasteiger partial charge in [-0.15, -0.1) is 0 Å². The molecule has 0 aromatic heterocycles. The van der Waals surface area contributed by atoms with E-state index >= 15 is 0 Å². The van der Waals surface area contributed by atoms with Gasteiger partial charge in [0.25, 0.3) is 0 Å². The smallest absolute Gasteiger partial charge is 0.0595 e. The number of hydrogen-bond donors (Lipinski definition) is 1. The average molecular weight is 329 g/mol. The molecule has 1 unspecified atom stereocenters. The number of likely N-dealkylation sites (tertiary alicyclic amines) is 1. The van der Waals surface area contributed by atoms with E-state index in [1.165, 1.54) is 25.7 Å². The van der Waals surface area contributed by atoms with Crippen molar-refractivity contribution in [1.82, 2.24) is 4.90 Å². The van der Waals surface area contributed by atoms with E-state index in [1.807, 2.05) is 18.2 Å². The van der Waals surface area contributed by atoms with Gasteiger partial charge in [0.05, 0.1) is 10.0 Å². The van der Waals surface area contributed by atoms with E-state index in [2.05, 4.69) is 18.7 Å². The fourth-order valence-corrected chi connectivity index (χ4v) is 3.37. The maximum absolute atomic E-state index is 6.54. The highest BCUT2D eigenvalue weighted by Crippen LogP contribution is 2.27. The highest BCUT2D eigenvalue weighted by Gasteiger charge is 2.33. The number of rotatable bonds is 4. The molecule has 0 amide bonds. The third kappa shape index (κ3) is 4.35. The molecule has 1 aromatic rings. The predicted molar refractivity (Wildman–Crippen MR) is 92.3 cm³/mol. The molecule has 0 radical (unpaired) electrons. The first-order chi connectivity index (χ1) is 9.91. The fraction of sp³-hybridized carbons (Fsp3) is 0.647. The summed E-state index contributed by atoms with van der Waals surface area (Å²) in [6, 6.07) is 5.88. The molecule has 118 valence electrons. The van der Waals surface area contributed by atoms with Gasteiger partial charge < -0.3 is 5.73 Å². The molecule has 1 atom stereocenters. The molecule has 0 spiro atoms. The average Bonchev–Trinajstić information content (AvgIpc) is 2.72. The van der Waals surface area contributed by atoms with Crippen LogP contribution in [0.1, 0.15) is 45.1 Å². The summed E-state index contributed by atoms with van der Waals surface area (Å²) in [5.74, 6) is 0. The van der Waals surface area contributed by atoms with E-state index in [0.717, 1.165) is 25.1 Å². The van der Waals surface area contributed by atoms with E-state index in [4.69, 9.17) is 28.9 Å². The Kier molecular flexibility index (Phi) is 5.96. The predicted octanol–water partition coefficient (Wildman–Crippen LogP) is 4.52. The van der Waals surface area contributed by atoms with Crippen LogP contribution in [-0.4, -0.2) is 29.6 Å². The van der Waals surface area contributed by atoms with Gasteiger partial charge in [-0.3, -0.25) is 4.90 Å². The quantitative estimate of drug-likeness (QED) is 0.880. The molecule has 0 bridgehead atoms. The van der Waals surface area contributed by atoms with Gasteiger partial charge in [-0.25, -0.2) is 0 Å². The Labute approximate surface area is 138 Å². The lowest BCUT2D eigenvalue weighted by molar-refractivity contribution is 0.0979. The third-order valence-electron chi connectivity index (χ3n) is 4.77. The van der Waals surface area contributed by atoms with Crippen molar-refractivity contribution in [2.24, 2.45) is 5.73 Å². The Balaban J connectivity index is 2.05. The number of halogens is 2. The molecule has 4 heteroatoms. The molecule has 21 heavy (non-hydrogen) atoms. The molecule has 0 aliphatic carbocycles. The van der Waals surface area contributed by atoms with Crippen molar-refractivity contribution in [2.75, 3.05) is 13.1 Å². The number of nitrogens with zero attached hydrogens (tertiary/aromatic N) is 1. The lowest BCUT2D eigenvalue weighted by Crippen LogP contribution is -2.57. The molecule has 0 saturated carbocycles. The molecule has 2 nitrogen and oxygen atoms in total. The van der Waals surface area contributed by atoms with Crippen molar-refractivity contribution in [1.29, 1.82) is 0 Å². The Bertz CT molecular complexity index is 466. The zero-order valence-electron chi connectivity index (χ0n) is 13.0. The topological polar surface area (TPSA) is 29.3 Å². The lowest BCUT2D eigenvalue weighted by Gasteiger charge is -2.42. The van der Waals surface area contributed by atoms with Crippen molar-refractivity contribution < 1.29 is 0 Å². The van der Waals surface area contributed by atoms with Crippen LogP contribution in [0.4, 0.5) is 0 Å². The van der Waals surface area contributed by atoms with Crippen LogP contribution < -0.4 is 5.73 Å². The first-order valence-electron chi connectivity index (χ1n) is 7.86. The molecule has 1 aliphatic heterocycles. The summed E-state index contributed by atoms with van der Waals surface area (Å²) < 4.78 is 0. The second kappa shape index (κ2) is 7.32. The van der Waals surface area contributed by atoms with Gasteiger partial charge in [0.2, 0.25) is 0 Å². The van der Waals surface area contributed by atoms with Crippen LogP contribution in [0, 0.1) is 0 Å². The standard InChI is InChI=1S/C17H26Cl2N2/c1-17(2,21-9-5-3-4-6-10-21)16(20)12-13-7-8-14(18)15(19)11-13/h7-8,11,16H,3-6,9-10,12,20H2,1-2H3. The summed E-state index contributed by atoms with van der Waals surface area (Å²) in [6.45, 7) is 6.84. The molecule has 1 saturated heterocycles. The highest BCUT2D eigenvalue weighted by molar-refractivity contribution is 6.42. The van der Waals surface area contributed by atoms with E-state index in [9.17, 15) is 0 Å². The Morgan fingerprint density at radius 1 is 1.10 bits per heavy atom. The third-order valence-corrected chi connectivity index (χ3v) is 5.51. The second-order valence-corrected chi connectivity index (χ2v) is 7.43.